The van der Waals surface area contributed by atoms with Crippen LogP contribution in [0, 0.1) is 29.7 Å². The van der Waals surface area contributed by atoms with Crippen molar-refractivity contribution in [2.24, 2.45) is 23.7 Å². The average molecular weight is 726 g/mol. The van der Waals surface area contributed by atoms with Crippen LogP contribution in [-0.4, -0.2) is 22.6 Å². The van der Waals surface area contributed by atoms with E-state index in [1.807, 2.05) is 40.9 Å². The third-order valence-corrected chi connectivity index (χ3v) is 16.4. The van der Waals surface area contributed by atoms with E-state index in [4.69, 9.17) is 0 Å². The molecule has 2 aromatic carbocycles. The fraction of sp³-hybridized carbons (Fsp3) is 0.625. The van der Waals surface area contributed by atoms with Gasteiger partial charge in [-0.05, 0) is 82.6 Å². The quantitative estimate of drug-likeness (QED) is 0.206. The molecule has 2 aliphatic rings. The molecule has 0 radical (unpaired) electrons. The zero-order valence-electron chi connectivity index (χ0n) is 23.7. The maximum Gasteiger partial charge on any atom is -0.171 e. The van der Waals surface area contributed by atoms with Crippen LogP contribution in [0.1, 0.15) is 81.1 Å². The van der Waals surface area contributed by atoms with E-state index < -0.39 is 0 Å². The maximum atomic E-state index is 4.61. The minimum absolute atomic E-state index is 0.0433. The molecule has 2 aliphatic heterocycles. The molecular formula is C32H49ClP2Pt. The molecule has 0 spiro atoms. The molecule has 0 nitrogen and oxygen atoms in total. The number of hydrogen-bond donors (Lipinski definition) is 0. The summed E-state index contributed by atoms with van der Waals surface area (Å²) in [4.78, 5) is 0. The van der Waals surface area contributed by atoms with E-state index in [0.717, 1.165) is 46.3 Å². The summed E-state index contributed by atoms with van der Waals surface area (Å²) in [5, 5.41) is 3.66. The van der Waals surface area contributed by atoms with Crippen molar-refractivity contribution in [2.75, 3.05) is 0 Å². The molecule has 2 aromatic rings. The van der Waals surface area contributed by atoms with Crippen LogP contribution < -0.4 is 10.6 Å². The van der Waals surface area contributed by atoms with Gasteiger partial charge in [0.25, 0.3) is 0 Å². The number of hydrogen-bond acceptors (Lipinski definition) is 0. The van der Waals surface area contributed by atoms with Crippen LogP contribution in [0.5, 0.6) is 0 Å². The van der Waals surface area contributed by atoms with Crippen LogP contribution in [-0.2, 0) is 18.8 Å². The van der Waals surface area contributed by atoms with Crippen LogP contribution in [0.2, 0.25) is 0 Å². The first-order valence-electron chi connectivity index (χ1n) is 13.9. The molecule has 0 aliphatic carbocycles. The van der Waals surface area contributed by atoms with Crippen molar-refractivity contribution in [1.29, 1.82) is 0 Å². The largest absolute Gasteiger partial charge is 0.184 e. The molecular weight excluding hydrogens is 677 g/mol. The van der Waals surface area contributed by atoms with Crippen LogP contribution in [0.25, 0.3) is 0 Å². The Labute approximate surface area is 241 Å². The van der Waals surface area contributed by atoms with Gasteiger partial charge in [0.1, 0.15) is 0 Å². The average Bonchev–Trinajstić information content (AvgIpc) is 3.52. The third-order valence-electron chi connectivity index (χ3n) is 8.07. The SMILES string of the molecule is CC(C)[C@H]1CC[C@H](C(C)C)P1c1ccccc1P1[C@@H](C(C)C)CC[C@H]1C(C)C.[Cl][Pt+].[c-]1ccccc1. The van der Waals surface area contributed by atoms with Gasteiger partial charge >= 0.3 is 28.2 Å². The minimum Gasteiger partial charge on any atom is -0.184 e. The van der Waals surface area contributed by atoms with Crippen LogP contribution in [0.15, 0.2) is 54.6 Å². The van der Waals surface area contributed by atoms with Crippen molar-refractivity contribution in [3.63, 3.8) is 0 Å². The molecule has 4 heteroatoms. The van der Waals surface area contributed by atoms with Crippen LogP contribution in [0.4, 0.5) is 0 Å². The first-order chi connectivity index (χ1) is 17.2. The summed E-state index contributed by atoms with van der Waals surface area (Å²) < 4.78 is 0. The summed E-state index contributed by atoms with van der Waals surface area (Å²) >= 11 is 1.61. The third kappa shape index (κ3) is 8.39. The van der Waals surface area contributed by atoms with Gasteiger partial charge < -0.3 is 0 Å². The van der Waals surface area contributed by atoms with Gasteiger partial charge in [0, 0.05) is 0 Å². The van der Waals surface area contributed by atoms with E-state index in [1.165, 1.54) is 25.7 Å². The second kappa shape index (κ2) is 16.4. The Hall–Kier alpha value is 0.278. The molecule has 1 unspecified atom stereocenters. The van der Waals surface area contributed by atoms with E-state index in [-0.39, 0.29) is 15.8 Å². The monoisotopic (exact) mass is 725 g/mol. The summed E-state index contributed by atoms with van der Waals surface area (Å²) in [6.07, 6.45) is 5.83. The number of halogens is 1. The summed E-state index contributed by atoms with van der Waals surface area (Å²) in [6.45, 7) is 19.9. The molecule has 5 atom stereocenters. The predicted octanol–water partition coefficient (Wildman–Crippen LogP) is 9.76. The minimum atomic E-state index is -0.0433. The van der Waals surface area contributed by atoms with E-state index in [2.05, 4.69) is 95.1 Å². The predicted molar refractivity (Wildman–Crippen MR) is 164 cm³/mol. The summed E-state index contributed by atoms with van der Waals surface area (Å²) in [7, 11) is 4.52. The molecule has 204 valence electrons. The topological polar surface area (TPSA) is 0 Å². The van der Waals surface area contributed by atoms with Crippen molar-refractivity contribution in [2.45, 2.75) is 104 Å². The van der Waals surface area contributed by atoms with Gasteiger partial charge in [-0.2, -0.15) is 36.4 Å². The Bertz CT molecular complexity index is 741. The molecule has 0 N–H and O–H groups in total. The van der Waals surface area contributed by atoms with Gasteiger partial charge in [-0.15, -0.1) is 0 Å². The summed E-state index contributed by atoms with van der Waals surface area (Å²) in [5.41, 5.74) is 3.71. The van der Waals surface area contributed by atoms with Crippen molar-refractivity contribution < 1.29 is 18.8 Å². The van der Waals surface area contributed by atoms with E-state index in [1.54, 1.807) is 18.8 Å². The van der Waals surface area contributed by atoms with Gasteiger partial charge in [-0.3, -0.25) is 0 Å². The molecule has 4 rings (SSSR count). The molecule has 0 amide bonds. The second-order valence-corrected chi connectivity index (χ2v) is 17.0. The van der Waals surface area contributed by atoms with Crippen molar-refractivity contribution in [1.82, 2.24) is 0 Å². The van der Waals surface area contributed by atoms with Crippen molar-refractivity contribution >= 4 is 35.9 Å². The maximum absolute atomic E-state index is 4.61. The van der Waals surface area contributed by atoms with Crippen LogP contribution >= 0.6 is 25.3 Å². The van der Waals surface area contributed by atoms with E-state index in [0.29, 0.717) is 0 Å². The number of rotatable bonds is 6. The summed E-state index contributed by atoms with van der Waals surface area (Å²) in [5.74, 6) is 3.28. The molecule has 2 heterocycles. The fourth-order valence-corrected chi connectivity index (χ4v) is 14.9. The zero-order chi connectivity index (χ0) is 26.8. The smallest absolute Gasteiger partial charge is 0.171 e. The van der Waals surface area contributed by atoms with Gasteiger partial charge in [0.15, 0.2) is 0 Å². The van der Waals surface area contributed by atoms with E-state index in [9.17, 15) is 0 Å². The first-order valence-corrected chi connectivity index (χ1v) is 19.7. The van der Waals surface area contributed by atoms with Crippen LogP contribution in [0.3, 0.4) is 0 Å². The Morgan fingerprint density at radius 1 is 0.583 bits per heavy atom. The number of benzene rings is 2. The summed E-state index contributed by atoms with van der Waals surface area (Å²) in [6, 6.07) is 22.4. The molecule has 36 heavy (non-hydrogen) atoms. The van der Waals surface area contributed by atoms with Gasteiger partial charge in [-0.1, -0.05) is 95.5 Å². The molecule has 0 saturated carbocycles. The Balaban J connectivity index is 0.000000491. The van der Waals surface area contributed by atoms with Gasteiger partial charge in [0.05, 0.1) is 0 Å². The van der Waals surface area contributed by atoms with E-state index >= 15 is 0 Å². The molecule has 0 bridgehead atoms. The Kier molecular flexibility index (Phi) is 14.8. The van der Waals surface area contributed by atoms with Crippen molar-refractivity contribution in [3.05, 3.63) is 60.7 Å². The first kappa shape index (κ1) is 32.5. The van der Waals surface area contributed by atoms with Gasteiger partial charge in [-0.25, -0.2) is 0 Å². The Morgan fingerprint density at radius 2 is 0.889 bits per heavy atom. The van der Waals surface area contributed by atoms with Crippen molar-refractivity contribution in [3.8, 4) is 0 Å². The molecule has 2 saturated heterocycles. The van der Waals surface area contributed by atoms with Gasteiger partial charge in [0.2, 0.25) is 0 Å². The molecule has 2 fully saturated rings. The second-order valence-electron chi connectivity index (χ2n) is 11.8. The zero-order valence-corrected chi connectivity index (χ0v) is 28.5. The normalized spacial score (nSPS) is 26.2. The molecule has 0 aromatic heterocycles. The standard InChI is InChI=1S/C26H44P2.C6H5.ClH.Pt/c1-17(2)21-13-14-22(18(3)4)27(21)25-11-9-10-12-26(25)28-23(19(5)6)15-16-24(28)20(7)8;1-2-4-6-5-3-1;;/h9-12,17-24H,13-16H2,1-8H3;1-5H;1H;/q;-1;;+2/p-1/t21-,22-,23-,24+,28?;;;/m1.../s1. The fourth-order valence-electron chi connectivity index (χ4n) is 6.31. The Morgan fingerprint density at radius 3 is 1.08 bits per heavy atom.